The molecule has 0 radical (unpaired) electrons. The maximum Gasteiger partial charge on any atom is 0.342 e. The van der Waals surface area contributed by atoms with E-state index >= 15 is 0 Å². The average Bonchev–Trinajstić information content (AvgIpc) is 3.19. The highest BCUT2D eigenvalue weighted by Gasteiger charge is 2.93. The second kappa shape index (κ2) is 6.59. The van der Waals surface area contributed by atoms with E-state index in [1.54, 1.807) is 20.8 Å². The maximum atomic E-state index is 14.9. The topological polar surface area (TPSA) is 166 Å². The predicted octanol–water partition coefficient (Wildman–Crippen LogP) is -0.0534. The number of aliphatic hydroxyl groups excluding tert-OH is 1. The molecule has 3 aliphatic carbocycles. The van der Waals surface area contributed by atoms with Gasteiger partial charge in [-0.1, -0.05) is 6.92 Å². The van der Waals surface area contributed by atoms with Crippen LogP contribution in [0.25, 0.3) is 0 Å². The Hall–Kier alpha value is -1.92. The molecule has 13 atom stereocenters. The number of rotatable bonds is 0. The Kier molecular flexibility index (Phi) is 4.20. The molecule has 8 fully saturated rings. The van der Waals surface area contributed by atoms with Crippen molar-refractivity contribution >= 4 is 23.5 Å². The van der Waals surface area contributed by atoms with Gasteiger partial charge >= 0.3 is 11.9 Å². The maximum absolute atomic E-state index is 14.9. The highest BCUT2D eigenvalue weighted by molar-refractivity contribution is 5.99. The Morgan fingerprint density at radius 2 is 1.74 bits per heavy atom. The number of esters is 2. The lowest BCUT2D eigenvalue weighted by Gasteiger charge is -2.64. The van der Waals surface area contributed by atoms with Crippen LogP contribution < -0.4 is 0 Å². The minimum absolute atomic E-state index is 0.0855. The lowest BCUT2D eigenvalue weighted by Crippen LogP contribution is -2.79. The van der Waals surface area contributed by atoms with Gasteiger partial charge in [0, 0.05) is 12.3 Å². The molecule has 0 aromatic carbocycles. The van der Waals surface area contributed by atoms with Crippen LogP contribution in [0.4, 0.5) is 0 Å². The van der Waals surface area contributed by atoms with Gasteiger partial charge in [0.25, 0.3) is 0 Å². The first-order valence-corrected chi connectivity index (χ1v) is 14.2. The third kappa shape index (κ3) is 2.14. The fourth-order valence-electron chi connectivity index (χ4n) is 10.9. The van der Waals surface area contributed by atoms with Gasteiger partial charge in [-0.2, -0.15) is 0 Å². The number of carbonyl (C=O) groups excluding carboxylic acids is 4. The second-order valence-corrected chi connectivity index (χ2v) is 14.1. The molecule has 2 spiro atoms. The van der Waals surface area contributed by atoms with Crippen molar-refractivity contribution in [3.8, 4) is 0 Å². The zero-order valence-electron chi connectivity index (χ0n) is 22.2. The Morgan fingerprint density at radius 1 is 1.00 bits per heavy atom. The minimum atomic E-state index is -2.30. The molecule has 5 heterocycles. The van der Waals surface area contributed by atoms with Crippen molar-refractivity contribution in [1.82, 2.24) is 0 Å². The van der Waals surface area contributed by atoms with E-state index in [2.05, 4.69) is 0 Å². The Balaban J connectivity index is 1.42. The molecule has 11 heteroatoms. The lowest BCUT2D eigenvalue weighted by atomic mass is 9.46. The van der Waals surface area contributed by atoms with Gasteiger partial charge in [-0.15, -0.1) is 0 Å². The van der Waals surface area contributed by atoms with E-state index in [0.717, 1.165) is 0 Å². The summed E-state index contributed by atoms with van der Waals surface area (Å²) in [4.78, 5) is 55.6. The number of hydrogen-bond acceptors (Lipinski definition) is 11. The van der Waals surface area contributed by atoms with E-state index in [0.29, 0.717) is 6.42 Å². The monoisotopic (exact) mass is 546 g/mol. The van der Waals surface area contributed by atoms with E-state index in [1.165, 1.54) is 0 Å². The van der Waals surface area contributed by atoms with Gasteiger partial charge in [0.05, 0.1) is 30.0 Å². The van der Waals surface area contributed by atoms with Crippen molar-refractivity contribution in [3.05, 3.63) is 0 Å². The molecule has 1 unspecified atom stereocenters. The van der Waals surface area contributed by atoms with Crippen LogP contribution >= 0.6 is 0 Å². The van der Waals surface area contributed by atoms with Gasteiger partial charge in [0.15, 0.2) is 22.6 Å². The third-order valence-corrected chi connectivity index (χ3v) is 13.0. The third-order valence-electron chi connectivity index (χ3n) is 13.0. The molecule has 212 valence electrons. The number of carbonyl (C=O) groups is 4. The number of aliphatic hydroxyl groups is 3. The number of ether oxygens (including phenoxy) is 4. The number of Topliss-reactive ketones (excluding diaryl/α,β-unsaturated/α-hetero) is 2. The summed E-state index contributed by atoms with van der Waals surface area (Å²) in [6.07, 6.45) is -1.45. The number of hydrogen-bond donors (Lipinski definition) is 3. The molecule has 5 saturated heterocycles. The summed E-state index contributed by atoms with van der Waals surface area (Å²) in [5.41, 5.74) is -10.2. The van der Waals surface area contributed by atoms with E-state index in [9.17, 15) is 34.5 Å². The fraction of sp³-hybridized carbons (Fsp3) is 0.857. The minimum Gasteiger partial charge on any atom is -0.458 e. The van der Waals surface area contributed by atoms with Crippen LogP contribution in [0.2, 0.25) is 0 Å². The lowest BCUT2D eigenvalue weighted by molar-refractivity contribution is -0.382. The summed E-state index contributed by atoms with van der Waals surface area (Å²) < 4.78 is 24.9. The molecule has 0 aromatic heterocycles. The summed E-state index contributed by atoms with van der Waals surface area (Å²) in [5.74, 6) is -7.99. The van der Waals surface area contributed by atoms with Gasteiger partial charge in [-0.3, -0.25) is 14.4 Å². The summed E-state index contributed by atoms with van der Waals surface area (Å²) in [7, 11) is 0. The summed E-state index contributed by atoms with van der Waals surface area (Å²) in [6.45, 7) is 4.77. The van der Waals surface area contributed by atoms with E-state index in [4.69, 9.17) is 18.9 Å². The van der Waals surface area contributed by atoms with E-state index < -0.39 is 92.6 Å². The molecule has 3 N–H and O–H groups in total. The van der Waals surface area contributed by atoms with Gasteiger partial charge in [-0.25, -0.2) is 4.79 Å². The van der Waals surface area contributed by atoms with E-state index in [-0.39, 0.29) is 50.9 Å². The molecule has 0 aromatic rings. The smallest absolute Gasteiger partial charge is 0.342 e. The van der Waals surface area contributed by atoms with Gasteiger partial charge in [-0.05, 0) is 63.7 Å². The average molecular weight is 547 g/mol. The van der Waals surface area contributed by atoms with Gasteiger partial charge in [0.1, 0.15) is 17.5 Å². The molecule has 8 rings (SSSR count). The molecular formula is C28H34O11. The van der Waals surface area contributed by atoms with Crippen molar-refractivity contribution in [3.63, 3.8) is 0 Å². The van der Waals surface area contributed by atoms with Gasteiger partial charge in [0.2, 0.25) is 5.79 Å². The Labute approximate surface area is 224 Å². The Bertz CT molecular complexity index is 1280. The largest absolute Gasteiger partial charge is 0.458 e. The van der Waals surface area contributed by atoms with Crippen molar-refractivity contribution in [2.45, 2.75) is 106 Å². The Morgan fingerprint density at radius 3 is 2.49 bits per heavy atom. The van der Waals surface area contributed by atoms with Crippen LogP contribution in [-0.4, -0.2) is 85.8 Å². The molecule has 5 bridgehead atoms. The van der Waals surface area contributed by atoms with Crippen LogP contribution in [0.3, 0.4) is 0 Å². The first-order chi connectivity index (χ1) is 18.2. The van der Waals surface area contributed by atoms with Crippen LogP contribution in [0.15, 0.2) is 0 Å². The first-order valence-electron chi connectivity index (χ1n) is 14.2. The van der Waals surface area contributed by atoms with Crippen molar-refractivity contribution < 1.29 is 53.4 Å². The van der Waals surface area contributed by atoms with Gasteiger partial charge < -0.3 is 34.3 Å². The van der Waals surface area contributed by atoms with Crippen molar-refractivity contribution in [2.75, 3.05) is 6.61 Å². The number of fused-ring (bicyclic) bond motifs is 5. The van der Waals surface area contributed by atoms with Crippen LogP contribution in [0, 0.1) is 34.5 Å². The van der Waals surface area contributed by atoms with Crippen LogP contribution in [0.5, 0.6) is 0 Å². The van der Waals surface area contributed by atoms with Crippen molar-refractivity contribution in [2.24, 2.45) is 34.5 Å². The number of ketones is 2. The molecular weight excluding hydrogens is 512 g/mol. The normalized spacial score (nSPS) is 62.4. The zero-order valence-corrected chi connectivity index (χ0v) is 22.2. The predicted molar refractivity (Wildman–Crippen MR) is 125 cm³/mol. The molecule has 39 heavy (non-hydrogen) atoms. The molecule has 11 nitrogen and oxygen atoms in total. The standard InChI is InChI=1S/C28H34O11/c1-22-10-17-24(3)28-18(22)19(31)27(39-28,36-11-14(22)20(32)37-17)13-9-16(30)25(34)7-4-5-15(29)23(25,2)12(13)6-8-26(28,35)21(33)38-24/h12-14,16-18,30,34-35H,4-11H2,1-3H3/t12-,13+,14-,16+,17+,18-,22+,23-,24-,25-,26+,27?,28-/m0/s1. The molecule has 5 aliphatic heterocycles. The van der Waals surface area contributed by atoms with Crippen LogP contribution in [-0.2, 0) is 38.1 Å². The van der Waals surface area contributed by atoms with Crippen molar-refractivity contribution in [1.29, 1.82) is 0 Å². The molecule has 0 amide bonds. The zero-order chi connectivity index (χ0) is 27.8. The quantitative estimate of drug-likeness (QED) is 0.349. The second-order valence-electron chi connectivity index (χ2n) is 14.1. The summed E-state index contributed by atoms with van der Waals surface area (Å²) in [6, 6.07) is 0. The fourth-order valence-corrected chi connectivity index (χ4v) is 10.9. The first kappa shape index (κ1) is 24.8. The van der Waals surface area contributed by atoms with Crippen LogP contribution in [0.1, 0.15) is 65.7 Å². The highest BCUT2D eigenvalue weighted by Crippen LogP contribution is 2.75. The SMILES string of the molecule is C[C@@]12C[C@H]3OC(=O)[C@@H]1COC14O[C@]5([C@H]2C1=O)[C@@](O)(CC[C@H]1[C@H]4C[C@@H](O)[C@@]2(O)CCCC(=O)[C@]12C)C(=O)O[C@@]35C. The van der Waals surface area contributed by atoms with E-state index in [1.807, 2.05) is 0 Å². The molecule has 8 aliphatic rings. The highest BCUT2D eigenvalue weighted by atomic mass is 16.8. The summed E-state index contributed by atoms with van der Waals surface area (Å²) in [5, 5.41) is 35.7. The summed E-state index contributed by atoms with van der Waals surface area (Å²) >= 11 is 0. The molecule has 3 saturated carbocycles.